The smallest absolute Gasteiger partial charge is 0.141 e. The van der Waals surface area contributed by atoms with Gasteiger partial charge in [0.15, 0.2) is 0 Å². The fourth-order valence-corrected chi connectivity index (χ4v) is 1.48. The second-order valence-corrected chi connectivity index (χ2v) is 3.51. The molecule has 0 N–H and O–H groups in total. The summed E-state index contributed by atoms with van der Waals surface area (Å²) in [6.07, 6.45) is 0.990. The van der Waals surface area contributed by atoms with Gasteiger partial charge in [-0.05, 0) is 36.8 Å². The first kappa shape index (κ1) is 10.4. The molecule has 0 amide bonds. The van der Waals surface area contributed by atoms with Crippen molar-refractivity contribution < 1.29 is 4.74 Å². The molecule has 1 aromatic heterocycles. The van der Waals surface area contributed by atoms with E-state index < -0.39 is 0 Å². The van der Waals surface area contributed by atoms with Crippen molar-refractivity contribution in [2.75, 3.05) is 6.61 Å². The molecule has 80 valence electrons. The lowest BCUT2D eigenvalue weighted by Gasteiger charge is -2.05. The molecule has 0 atom stereocenters. The van der Waals surface area contributed by atoms with E-state index >= 15 is 0 Å². The molecule has 0 unspecified atom stereocenters. The average Bonchev–Trinajstić information content (AvgIpc) is 2.35. The van der Waals surface area contributed by atoms with Gasteiger partial charge in [-0.1, -0.05) is 6.92 Å². The maximum absolute atomic E-state index is 8.73. The zero-order chi connectivity index (χ0) is 11.4. The van der Waals surface area contributed by atoms with Crippen LogP contribution in [0, 0.1) is 11.3 Å². The Morgan fingerprint density at radius 3 is 2.94 bits per heavy atom. The van der Waals surface area contributed by atoms with E-state index in [0.717, 1.165) is 29.7 Å². The predicted octanol–water partition coefficient (Wildman–Crippen LogP) is 2.90. The molecule has 0 aliphatic carbocycles. The zero-order valence-corrected chi connectivity index (χ0v) is 9.10. The largest absolute Gasteiger partial charge is 0.494 e. The van der Waals surface area contributed by atoms with Gasteiger partial charge in [-0.2, -0.15) is 5.26 Å². The number of nitrogens with zero attached hydrogens (tertiary/aromatic N) is 2. The van der Waals surface area contributed by atoms with Gasteiger partial charge < -0.3 is 4.74 Å². The van der Waals surface area contributed by atoms with Crippen LogP contribution in [-0.2, 0) is 0 Å². The molecule has 0 aliphatic rings. The highest BCUT2D eigenvalue weighted by Gasteiger charge is 1.99. The Morgan fingerprint density at radius 2 is 2.19 bits per heavy atom. The number of aromatic nitrogens is 1. The maximum atomic E-state index is 8.73. The van der Waals surface area contributed by atoms with E-state index in [4.69, 9.17) is 10.00 Å². The van der Waals surface area contributed by atoms with Crippen molar-refractivity contribution in [1.29, 1.82) is 5.26 Å². The molecular formula is C13H12N2O. The second-order valence-electron chi connectivity index (χ2n) is 3.51. The molecule has 0 aliphatic heterocycles. The highest BCUT2D eigenvalue weighted by Crippen LogP contribution is 2.19. The lowest BCUT2D eigenvalue weighted by atomic mass is 10.2. The third-order valence-electron chi connectivity index (χ3n) is 2.25. The van der Waals surface area contributed by atoms with Gasteiger partial charge in [-0.25, -0.2) is 4.98 Å². The first-order valence-electron chi connectivity index (χ1n) is 5.27. The fourth-order valence-electron chi connectivity index (χ4n) is 1.48. The summed E-state index contributed by atoms with van der Waals surface area (Å²) in [4.78, 5) is 4.20. The Hall–Kier alpha value is -2.08. The van der Waals surface area contributed by atoms with Crippen LogP contribution >= 0.6 is 0 Å². The van der Waals surface area contributed by atoms with Crippen molar-refractivity contribution in [2.24, 2.45) is 0 Å². The summed E-state index contributed by atoms with van der Waals surface area (Å²) in [5.74, 6) is 0.848. The Kier molecular flexibility index (Phi) is 3.02. The monoisotopic (exact) mass is 212 g/mol. The van der Waals surface area contributed by atoms with Crippen LogP contribution in [0.1, 0.15) is 19.0 Å². The molecule has 0 radical (unpaired) electrons. The van der Waals surface area contributed by atoms with E-state index in [-0.39, 0.29) is 0 Å². The summed E-state index contributed by atoms with van der Waals surface area (Å²) in [5.41, 5.74) is 1.26. The van der Waals surface area contributed by atoms with Crippen LogP contribution < -0.4 is 4.74 Å². The molecule has 2 aromatic rings. The van der Waals surface area contributed by atoms with Crippen molar-refractivity contribution in [3.63, 3.8) is 0 Å². The van der Waals surface area contributed by atoms with Crippen LogP contribution in [0.15, 0.2) is 30.3 Å². The van der Waals surface area contributed by atoms with E-state index in [1.807, 2.05) is 30.3 Å². The van der Waals surface area contributed by atoms with Crippen LogP contribution in [0.25, 0.3) is 10.9 Å². The molecule has 3 nitrogen and oxygen atoms in total. The summed E-state index contributed by atoms with van der Waals surface area (Å²) in [6.45, 7) is 2.79. The van der Waals surface area contributed by atoms with Crippen LogP contribution in [-0.4, -0.2) is 11.6 Å². The topological polar surface area (TPSA) is 45.9 Å². The number of rotatable bonds is 3. The van der Waals surface area contributed by atoms with Gasteiger partial charge in [0.05, 0.1) is 12.1 Å². The molecule has 16 heavy (non-hydrogen) atoms. The molecule has 0 bridgehead atoms. The standard InChI is InChI=1S/C13H12N2O/c1-2-7-16-12-5-6-13-10(8-12)3-4-11(9-14)15-13/h3-6,8H,2,7H2,1H3. The van der Waals surface area contributed by atoms with Crippen LogP contribution in [0.2, 0.25) is 0 Å². The number of hydrogen-bond donors (Lipinski definition) is 0. The van der Waals surface area contributed by atoms with Crippen molar-refractivity contribution in [3.05, 3.63) is 36.0 Å². The molecule has 1 aromatic carbocycles. The van der Waals surface area contributed by atoms with E-state index in [1.165, 1.54) is 0 Å². The highest BCUT2D eigenvalue weighted by atomic mass is 16.5. The van der Waals surface area contributed by atoms with Gasteiger partial charge in [0, 0.05) is 5.39 Å². The van der Waals surface area contributed by atoms with Gasteiger partial charge in [0.25, 0.3) is 0 Å². The zero-order valence-electron chi connectivity index (χ0n) is 9.10. The fraction of sp³-hybridized carbons (Fsp3) is 0.231. The molecule has 0 saturated heterocycles. The van der Waals surface area contributed by atoms with E-state index in [2.05, 4.69) is 11.9 Å². The Labute approximate surface area is 94.3 Å². The van der Waals surface area contributed by atoms with Gasteiger partial charge in [-0.15, -0.1) is 0 Å². The Morgan fingerprint density at radius 1 is 1.31 bits per heavy atom. The molecule has 0 spiro atoms. The van der Waals surface area contributed by atoms with Crippen LogP contribution in [0.4, 0.5) is 0 Å². The molecular weight excluding hydrogens is 200 g/mol. The summed E-state index contributed by atoms with van der Waals surface area (Å²) in [6, 6.07) is 11.3. The summed E-state index contributed by atoms with van der Waals surface area (Å²) < 4.78 is 5.53. The van der Waals surface area contributed by atoms with E-state index in [9.17, 15) is 0 Å². The Bertz CT molecular complexity index is 543. The maximum Gasteiger partial charge on any atom is 0.141 e. The van der Waals surface area contributed by atoms with Gasteiger partial charge in [-0.3, -0.25) is 0 Å². The number of nitriles is 1. The van der Waals surface area contributed by atoms with Gasteiger partial charge in [0.2, 0.25) is 0 Å². The summed E-state index contributed by atoms with van der Waals surface area (Å²) in [5, 5.41) is 9.72. The number of pyridine rings is 1. The lowest BCUT2D eigenvalue weighted by molar-refractivity contribution is 0.318. The van der Waals surface area contributed by atoms with E-state index in [0.29, 0.717) is 5.69 Å². The average molecular weight is 212 g/mol. The highest BCUT2D eigenvalue weighted by molar-refractivity contribution is 5.80. The number of benzene rings is 1. The van der Waals surface area contributed by atoms with Gasteiger partial charge >= 0.3 is 0 Å². The normalized spacial score (nSPS) is 10.0. The molecule has 2 rings (SSSR count). The SMILES string of the molecule is CCCOc1ccc2nc(C#N)ccc2c1. The quantitative estimate of drug-likeness (QED) is 0.785. The van der Waals surface area contributed by atoms with Crippen molar-refractivity contribution in [2.45, 2.75) is 13.3 Å². The second kappa shape index (κ2) is 4.63. The van der Waals surface area contributed by atoms with Crippen molar-refractivity contribution >= 4 is 10.9 Å². The molecule has 0 fully saturated rings. The minimum atomic E-state index is 0.440. The number of fused-ring (bicyclic) bond motifs is 1. The summed E-state index contributed by atoms with van der Waals surface area (Å²) in [7, 11) is 0. The summed E-state index contributed by atoms with van der Waals surface area (Å²) >= 11 is 0. The van der Waals surface area contributed by atoms with Crippen molar-refractivity contribution in [1.82, 2.24) is 4.98 Å². The number of ether oxygens (including phenoxy) is 1. The van der Waals surface area contributed by atoms with E-state index in [1.54, 1.807) is 6.07 Å². The third-order valence-corrected chi connectivity index (χ3v) is 2.25. The van der Waals surface area contributed by atoms with Crippen LogP contribution in [0.5, 0.6) is 5.75 Å². The minimum absolute atomic E-state index is 0.440. The predicted molar refractivity (Wildman–Crippen MR) is 62.2 cm³/mol. The lowest BCUT2D eigenvalue weighted by Crippen LogP contribution is -1.94. The minimum Gasteiger partial charge on any atom is -0.494 e. The van der Waals surface area contributed by atoms with Gasteiger partial charge in [0.1, 0.15) is 17.5 Å². The first-order valence-corrected chi connectivity index (χ1v) is 5.27. The Balaban J connectivity index is 2.37. The van der Waals surface area contributed by atoms with Crippen molar-refractivity contribution in [3.8, 4) is 11.8 Å². The first-order chi connectivity index (χ1) is 7.83. The van der Waals surface area contributed by atoms with Crippen LogP contribution in [0.3, 0.4) is 0 Å². The molecule has 0 saturated carbocycles. The molecule has 1 heterocycles. The number of hydrogen-bond acceptors (Lipinski definition) is 3. The molecule has 3 heteroatoms. The third kappa shape index (κ3) is 2.12.